The van der Waals surface area contributed by atoms with Gasteiger partial charge < -0.3 is 19.1 Å². The summed E-state index contributed by atoms with van der Waals surface area (Å²) in [6, 6.07) is 9.03. The van der Waals surface area contributed by atoms with Gasteiger partial charge in [-0.15, -0.1) is 0 Å². The van der Waals surface area contributed by atoms with Crippen LogP contribution in [0.4, 0.5) is 0 Å². The lowest BCUT2D eigenvalue weighted by atomic mass is 9.65. The van der Waals surface area contributed by atoms with Crippen LogP contribution in [0.1, 0.15) is 59.8 Å². The van der Waals surface area contributed by atoms with Gasteiger partial charge in [0, 0.05) is 23.5 Å². The number of hydrogen-bond donors (Lipinski definition) is 1. The van der Waals surface area contributed by atoms with Gasteiger partial charge >= 0.3 is 11.9 Å². The van der Waals surface area contributed by atoms with E-state index < -0.39 is 28.0 Å². The number of aliphatic hydroxyl groups excluding tert-OH is 1. The van der Waals surface area contributed by atoms with Gasteiger partial charge in [0.1, 0.15) is 12.2 Å². The summed E-state index contributed by atoms with van der Waals surface area (Å²) in [4.78, 5) is 25.9. The van der Waals surface area contributed by atoms with Crippen molar-refractivity contribution in [3.8, 4) is 0 Å². The molecule has 0 bridgehead atoms. The lowest BCUT2D eigenvalue weighted by Crippen LogP contribution is -2.47. The van der Waals surface area contributed by atoms with Crippen molar-refractivity contribution in [1.82, 2.24) is 0 Å². The summed E-state index contributed by atoms with van der Waals surface area (Å²) in [5.41, 5.74) is 1.18. The molecular formula is C29H38O6S. The number of ether oxygens (including phenoxy) is 2. The maximum atomic E-state index is 13.5. The predicted octanol–water partition coefficient (Wildman–Crippen LogP) is 4.74. The van der Waals surface area contributed by atoms with Crippen LogP contribution in [-0.4, -0.2) is 44.7 Å². The standard InChI is InChI=1S/C29H38O6S/c1-18-14-20-11-10-19(2)24(13-12-22-16-21(30)17-26(31)34-22)27(20)25(15-18)35-28(32)29(3,4)36(33)23-8-6-5-7-9-23/h5-11,14,18-19,21-22,24-25,27,30H,12-13,15-17H2,1-4H3/t18-,19-,21+,22+,24-,25-,27-,36?/m0/s1. The number of rotatable bonds is 7. The van der Waals surface area contributed by atoms with Crippen LogP contribution in [0.25, 0.3) is 0 Å². The van der Waals surface area contributed by atoms with Gasteiger partial charge in [0.05, 0.1) is 12.5 Å². The Bertz CT molecular complexity index is 1000. The fourth-order valence-corrected chi connectivity index (χ4v) is 7.02. The quantitative estimate of drug-likeness (QED) is 0.417. The molecule has 8 atom stereocenters. The summed E-state index contributed by atoms with van der Waals surface area (Å²) in [7, 11) is 0. The van der Waals surface area contributed by atoms with Gasteiger partial charge in [0.2, 0.25) is 4.75 Å². The molecule has 3 aliphatic rings. The molecule has 4 rings (SSSR count). The Kier molecular flexibility index (Phi) is 8.32. The van der Waals surface area contributed by atoms with Crippen LogP contribution in [-0.2, 0) is 30.2 Å². The highest BCUT2D eigenvalue weighted by Gasteiger charge is 2.47. The second-order valence-electron chi connectivity index (χ2n) is 11.1. The first-order valence-electron chi connectivity index (χ1n) is 13.0. The number of hydrogen-bond acceptors (Lipinski definition) is 6. The Morgan fingerprint density at radius 2 is 1.92 bits per heavy atom. The van der Waals surface area contributed by atoms with Gasteiger partial charge in [-0.25, -0.2) is 4.79 Å². The second-order valence-corrected chi connectivity index (χ2v) is 13.1. The summed E-state index contributed by atoms with van der Waals surface area (Å²) in [6.45, 7) is 7.67. The molecule has 1 aromatic carbocycles. The smallest absolute Gasteiger partial charge is 0.362 e. The Morgan fingerprint density at radius 1 is 1.19 bits per heavy atom. The van der Waals surface area contributed by atoms with Crippen LogP contribution in [0.5, 0.6) is 0 Å². The van der Waals surface area contributed by atoms with Crippen LogP contribution >= 0.6 is 0 Å². The zero-order chi connectivity index (χ0) is 26.0. The molecule has 0 spiro atoms. The van der Waals surface area contributed by atoms with Crippen molar-refractivity contribution in [2.75, 3.05) is 0 Å². The molecule has 0 aromatic heterocycles. The van der Waals surface area contributed by atoms with Crippen molar-refractivity contribution < 1.29 is 28.7 Å². The molecule has 1 saturated heterocycles. The minimum Gasteiger partial charge on any atom is -0.611 e. The molecule has 1 aliphatic heterocycles. The molecule has 2 aliphatic carbocycles. The molecule has 1 N–H and O–H groups in total. The van der Waals surface area contributed by atoms with Gasteiger partial charge in [-0.05, 0) is 68.6 Å². The lowest BCUT2D eigenvalue weighted by Gasteiger charge is -2.44. The van der Waals surface area contributed by atoms with Crippen molar-refractivity contribution in [2.45, 2.75) is 87.8 Å². The first-order chi connectivity index (χ1) is 17.1. The van der Waals surface area contributed by atoms with Crippen molar-refractivity contribution in [2.24, 2.45) is 23.7 Å². The highest BCUT2D eigenvalue weighted by Crippen LogP contribution is 2.45. The van der Waals surface area contributed by atoms with E-state index in [0.29, 0.717) is 24.2 Å². The molecular weight excluding hydrogens is 476 g/mol. The highest BCUT2D eigenvalue weighted by atomic mass is 32.2. The third-order valence-electron chi connectivity index (χ3n) is 7.82. The van der Waals surface area contributed by atoms with E-state index in [9.17, 15) is 19.2 Å². The Labute approximate surface area is 217 Å². The van der Waals surface area contributed by atoms with E-state index in [0.717, 1.165) is 6.42 Å². The summed E-state index contributed by atoms with van der Waals surface area (Å²) < 4.78 is 23.8. The molecule has 196 valence electrons. The van der Waals surface area contributed by atoms with E-state index in [1.54, 1.807) is 26.0 Å². The van der Waals surface area contributed by atoms with Crippen molar-refractivity contribution in [1.29, 1.82) is 0 Å². The maximum Gasteiger partial charge on any atom is 0.362 e. The van der Waals surface area contributed by atoms with Gasteiger partial charge in [0.15, 0.2) is 4.90 Å². The number of allylic oxidation sites excluding steroid dienone is 3. The van der Waals surface area contributed by atoms with E-state index in [1.807, 2.05) is 18.2 Å². The molecule has 6 nitrogen and oxygen atoms in total. The third kappa shape index (κ3) is 5.90. The van der Waals surface area contributed by atoms with Crippen LogP contribution < -0.4 is 0 Å². The first kappa shape index (κ1) is 27.0. The number of aliphatic hydroxyl groups is 1. The van der Waals surface area contributed by atoms with E-state index in [-0.39, 0.29) is 48.3 Å². The number of carbonyl (C=O) groups is 2. The van der Waals surface area contributed by atoms with E-state index in [2.05, 4.69) is 32.1 Å². The van der Waals surface area contributed by atoms with E-state index in [4.69, 9.17) is 9.47 Å². The molecule has 1 heterocycles. The Hall–Kier alpha value is -2.09. The van der Waals surface area contributed by atoms with Crippen molar-refractivity contribution >= 4 is 23.1 Å². The molecule has 36 heavy (non-hydrogen) atoms. The van der Waals surface area contributed by atoms with Crippen LogP contribution in [0.3, 0.4) is 0 Å². The number of fused-ring (bicyclic) bond motifs is 1. The molecule has 1 fully saturated rings. The maximum absolute atomic E-state index is 13.5. The molecule has 1 unspecified atom stereocenters. The number of benzene rings is 1. The Balaban J connectivity index is 1.51. The third-order valence-corrected chi connectivity index (χ3v) is 9.62. The Morgan fingerprint density at radius 3 is 2.61 bits per heavy atom. The first-order valence-corrected chi connectivity index (χ1v) is 14.2. The summed E-state index contributed by atoms with van der Waals surface area (Å²) in [6.07, 6.45) is 8.06. The van der Waals surface area contributed by atoms with E-state index >= 15 is 0 Å². The van der Waals surface area contributed by atoms with Crippen LogP contribution in [0.2, 0.25) is 0 Å². The van der Waals surface area contributed by atoms with Crippen LogP contribution in [0.15, 0.2) is 59.0 Å². The van der Waals surface area contributed by atoms with Gasteiger partial charge in [0.25, 0.3) is 0 Å². The minimum atomic E-state index is -1.55. The van der Waals surface area contributed by atoms with Gasteiger partial charge in [-0.2, -0.15) is 0 Å². The molecule has 0 radical (unpaired) electrons. The normalized spacial score (nSPS) is 33.2. The SMILES string of the molecule is C[C@H]1C=C2C=C[C@H](C)[C@H](CC[C@@H]3C[C@@H](O)CC(=O)O3)[C@H]2[C@@H](OC(=O)C(C)(C)[S+]([O-])c2ccccc2)C1. The number of cyclic esters (lactones) is 1. The van der Waals surface area contributed by atoms with Gasteiger partial charge in [-0.1, -0.05) is 50.3 Å². The molecule has 1 aromatic rings. The monoisotopic (exact) mass is 514 g/mol. The number of esters is 2. The van der Waals surface area contributed by atoms with Crippen molar-refractivity contribution in [3.63, 3.8) is 0 Å². The molecule has 0 amide bonds. The average Bonchev–Trinajstić information content (AvgIpc) is 2.83. The number of carbonyl (C=O) groups excluding carboxylic acids is 2. The van der Waals surface area contributed by atoms with Crippen molar-refractivity contribution in [3.05, 3.63) is 54.1 Å². The minimum absolute atomic E-state index is 0.0235. The zero-order valence-electron chi connectivity index (χ0n) is 21.6. The largest absolute Gasteiger partial charge is 0.611 e. The summed E-state index contributed by atoms with van der Waals surface area (Å²) in [5, 5.41) is 10.00. The highest BCUT2D eigenvalue weighted by molar-refractivity contribution is 7.93. The summed E-state index contributed by atoms with van der Waals surface area (Å²) >= 11 is -1.55. The van der Waals surface area contributed by atoms with Gasteiger partial charge in [-0.3, -0.25) is 4.79 Å². The van der Waals surface area contributed by atoms with Crippen LogP contribution in [0, 0.1) is 23.7 Å². The molecule has 0 saturated carbocycles. The fourth-order valence-electron chi connectivity index (χ4n) is 5.83. The average molecular weight is 515 g/mol. The second kappa shape index (κ2) is 11.1. The molecule has 7 heteroatoms. The lowest BCUT2D eigenvalue weighted by molar-refractivity contribution is -0.162. The topological polar surface area (TPSA) is 95.9 Å². The fraction of sp³-hybridized carbons (Fsp3) is 0.586. The van der Waals surface area contributed by atoms with E-state index in [1.165, 1.54) is 5.57 Å². The summed E-state index contributed by atoms with van der Waals surface area (Å²) in [5.74, 6) is -0.0546. The zero-order valence-corrected chi connectivity index (χ0v) is 22.4. The predicted molar refractivity (Wildman–Crippen MR) is 138 cm³/mol.